The summed E-state index contributed by atoms with van der Waals surface area (Å²) in [6.07, 6.45) is 3.47. The Morgan fingerprint density at radius 2 is 2.33 bits per heavy atom. The molecule has 2 aromatic heterocycles. The molecule has 94 valence electrons. The Hall–Kier alpha value is -2.11. The van der Waals surface area contributed by atoms with E-state index in [1.165, 1.54) is 0 Å². The molecular weight excluding hydrogens is 228 g/mol. The van der Waals surface area contributed by atoms with Crippen molar-refractivity contribution < 1.29 is 0 Å². The Morgan fingerprint density at radius 3 is 3.17 bits per heavy atom. The van der Waals surface area contributed by atoms with Gasteiger partial charge < -0.3 is 10.6 Å². The molecule has 3 rings (SSSR count). The van der Waals surface area contributed by atoms with Crippen LogP contribution in [0.15, 0.2) is 12.4 Å². The number of aryl methyl sites for hydroxylation is 1. The van der Waals surface area contributed by atoms with E-state index < -0.39 is 0 Å². The lowest BCUT2D eigenvalue weighted by molar-refractivity contribution is 0.708. The first kappa shape index (κ1) is 11.0. The molecule has 0 unspecified atom stereocenters. The normalized spacial score (nSPS) is 14.6. The average molecular weight is 244 g/mol. The van der Waals surface area contributed by atoms with Gasteiger partial charge in [-0.2, -0.15) is 5.10 Å². The molecule has 1 aliphatic rings. The fraction of sp³-hybridized carbons (Fsp3) is 0.417. The van der Waals surface area contributed by atoms with Gasteiger partial charge in [0.2, 0.25) is 0 Å². The highest BCUT2D eigenvalue weighted by molar-refractivity contribution is 5.50. The van der Waals surface area contributed by atoms with Gasteiger partial charge in [0.1, 0.15) is 18.0 Å². The number of nitrogens with one attached hydrogen (secondary N) is 1. The van der Waals surface area contributed by atoms with E-state index >= 15 is 0 Å². The zero-order valence-corrected chi connectivity index (χ0v) is 10.3. The van der Waals surface area contributed by atoms with Gasteiger partial charge in [-0.25, -0.2) is 9.97 Å². The third-order valence-electron chi connectivity index (χ3n) is 3.36. The Morgan fingerprint density at radius 1 is 1.44 bits per heavy atom. The van der Waals surface area contributed by atoms with Crippen LogP contribution in [0.4, 0.5) is 11.6 Å². The fourth-order valence-corrected chi connectivity index (χ4v) is 2.26. The minimum atomic E-state index is 0.597. The van der Waals surface area contributed by atoms with Gasteiger partial charge >= 0.3 is 0 Å². The SMILES string of the molecule is CCc1cc(N2CCc3[nH]nc(N)c3C2)ncn1. The second kappa shape index (κ2) is 4.29. The van der Waals surface area contributed by atoms with Gasteiger partial charge in [-0.15, -0.1) is 0 Å². The van der Waals surface area contributed by atoms with E-state index in [2.05, 4.69) is 32.0 Å². The standard InChI is InChI=1S/C12H16N6/c1-2-8-5-11(15-7-14-8)18-4-3-10-9(6-18)12(13)17-16-10/h5,7H,2-4,6H2,1H3,(H3,13,16,17). The molecule has 2 aromatic rings. The van der Waals surface area contributed by atoms with Crippen molar-refractivity contribution in [2.45, 2.75) is 26.3 Å². The molecule has 1 aliphatic heterocycles. The zero-order valence-electron chi connectivity index (χ0n) is 10.3. The number of anilines is 2. The van der Waals surface area contributed by atoms with Crippen LogP contribution in [-0.2, 0) is 19.4 Å². The lowest BCUT2D eigenvalue weighted by Crippen LogP contribution is -2.31. The van der Waals surface area contributed by atoms with Gasteiger partial charge in [0.15, 0.2) is 0 Å². The van der Waals surface area contributed by atoms with E-state index in [0.29, 0.717) is 5.82 Å². The van der Waals surface area contributed by atoms with E-state index in [-0.39, 0.29) is 0 Å². The first-order valence-corrected chi connectivity index (χ1v) is 6.15. The molecule has 6 nitrogen and oxygen atoms in total. The highest BCUT2D eigenvalue weighted by atomic mass is 15.2. The predicted octanol–water partition coefficient (Wildman–Crippen LogP) is 0.907. The molecule has 0 radical (unpaired) electrons. The third-order valence-corrected chi connectivity index (χ3v) is 3.36. The van der Waals surface area contributed by atoms with Crippen LogP contribution in [0.25, 0.3) is 0 Å². The molecule has 0 aromatic carbocycles. The van der Waals surface area contributed by atoms with Crippen LogP contribution in [0.5, 0.6) is 0 Å². The highest BCUT2D eigenvalue weighted by Crippen LogP contribution is 2.25. The number of nitrogens with zero attached hydrogens (tertiary/aromatic N) is 4. The van der Waals surface area contributed by atoms with Crippen LogP contribution in [-0.4, -0.2) is 26.7 Å². The van der Waals surface area contributed by atoms with Crippen LogP contribution in [0.3, 0.4) is 0 Å². The molecule has 0 atom stereocenters. The van der Waals surface area contributed by atoms with Gasteiger partial charge in [-0.3, -0.25) is 5.10 Å². The van der Waals surface area contributed by atoms with E-state index in [1.54, 1.807) is 6.33 Å². The summed E-state index contributed by atoms with van der Waals surface area (Å²) in [4.78, 5) is 10.8. The molecule has 0 saturated carbocycles. The van der Waals surface area contributed by atoms with Crippen LogP contribution in [0.1, 0.15) is 23.9 Å². The lowest BCUT2D eigenvalue weighted by atomic mass is 10.1. The van der Waals surface area contributed by atoms with Crippen molar-refractivity contribution in [2.75, 3.05) is 17.2 Å². The maximum Gasteiger partial charge on any atom is 0.150 e. The first-order chi connectivity index (χ1) is 8.78. The van der Waals surface area contributed by atoms with E-state index in [9.17, 15) is 0 Å². The molecule has 0 bridgehead atoms. The van der Waals surface area contributed by atoms with E-state index in [0.717, 1.165) is 48.7 Å². The van der Waals surface area contributed by atoms with E-state index in [4.69, 9.17) is 5.73 Å². The summed E-state index contributed by atoms with van der Waals surface area (Å²) < 4.78 is 0. The highest BCUT2D eigenvalue weighted by Gasteiger charge is 2.21. The second-order valence-corrected chi connectivity index (χ2v) is 4.46. The topological polar surface area (TPSA) is 83.7 Å². The van der Waals surface area contributed by atoms with Crippen LogP contribution < -0.4 is 10.6 Å². The summed E-state index contributed by atoms with van der Waals surface area (Å²) in [5.41, 5.74) is 9.16. The monoisotopic (exact) mass is 244 g/mol. The molecule has 0 fully saturated rings. The van der Waals surface area contributed by atoms with Crippen molar-refractivity contribution >= 4 is 11.6 Å². The number of H-pyrrole nitrogens is 1. The van der Waals surface area contributed by atoms with Gasteiger partial charge in [-0.05, 0) is 6.42 Å². The number of aromatic nitrogens is 4. The molecular formula is C12H16N6. The molecule has 18 heavy (non-hydrogen) atoms. The molecule has 0 amide bonds. The number of hydrogen-bond acceptors (Lipinski definition) is 5. The van der Waals surface area contributed by atoms with Crippen molar-refractivity contribution in [2.24, 2.45) is 0 Å². The van der Waals surface area contributed by atoms with Gasteiger partial charge in [0.25, 0.3) is 0 Å². The Labute approximate surface area is 105 Å². The van der Waals surface area contributed by atoms with Crippen molar-refractivity contribution in [3.8, 4) is 0 Å². The Bertz CT molecular complexity index is 561. The molecule has 0 aliphatic carbocycles. The smallest absolute Gasteiger partial charge is 0.150 e. The molecule has 3 N–H and O–H groups in total. The fourth-order valence-electron chi connectivity index (χ4n) is 2.26. The quantitative estimate of drug-likeness (QED) is 0.820. The maximum atomic E-state index is 5.86. The average Bonchev–Trinajstić information content (AvgIpc) is 2.80. The van der Waals surface area contributed by atoms with Gasteiger partial charge in [0.05, 0.1) is 0 Å². The molecule has 3 heterocycles. The molecule has 6 heteroatoms. The lowest BCUT2D eigenvalue weighted by Gasteiger charge is -2.27. The van der Waals surface area contributed by atoms with Gasteiger partial charge in [-0.1, -0.05) is 6.92 Å². The van der Waals surface area contributed by atoms with Crippen molar-refractivity contribution in [3.05, 3.63) is 29.3 Å². The summed E-state index contributed by atoms with van der Waals surface area (Å²) in [7, 11) is 0. The van der Waals surface area contributed by atoms with Crippen LogP contribution in [0.2, 0.25) is 0 Å². The van der Waals surface area contributed by atoms with Crippen LogP contribution in [0, 0.1) is 0 Å². The summed E-state index contributed by atoms with van der Waals surface area (Å²) in [6.45, 7) is 3.78. The number of aromatic amines is 1. The number of fused-ring (bicyclic) bond motifs is 1. The van der Waals surface area contributed by atoms with E-state index in [1.807, 2.05) is 6.07 Å². The number of rotatable bonds is 2. The summed E-state index contributed by atoms with van der Waals surface area (Å²) in [6, 6.07) is 2.04. The third kappa shape index (κ3) is 1.79. The largest absolute Gasteiger partial charge is 0.382 e. The minimum absolute atomic E-state index is 0.597. The Kier molecular flexibility index (Phi) is 2.62. The first-order valence-electron chi connectivity index (χ1n) is 6.15. The minimum Gasteiger partial charge on any atom is -0.382 e. The van der Waals surface area contributed by atoms with Crippen molar-refractivity contribution in [1.82, 2.24) is 20.2 Å². The predicted molar refractivity (Wildman–Crippen MR) is 69.2 cm³/mol. The van der Waals surface area contributed by atoms with Crippen molar-refractivity contribution in [3.63, 3.8) is 0 Å². The Balaban J connectivity index is 1.88. The van der Waals surface area contributed by atoms with Crippen LogP contribution >= 0.6 is 0 Å². The molecule has 0 spiro atoms. The summed E-state index contributed by atoms with van der Waals surface area (Å²) in [5, 5.41) is 7.04. The maximum absolute atomic E-state index is 5.86. The second-order valence-electron chi connectivity index (χ2n) is 4.46. The number of hydrogen-bond donors (Lipinski definition) is 2. The number of nitrogen functional groups attached to an aromatic ring is 1. The number of nitrogens with two attached hydrogens (primary N) is 1. The van der Waals surface area contributed by atoms with Gasteiger partial charge in [0, 0.05) is 42.5 Å². The zero-order chi connectivity index (χ0) is 12.5. The summed E-state index contributed by atoms with van der Waals surface area (Å²) in [5.74, 6) is 1.56. The summed E-state index contributed by atoms with van der Waals surface area (Å²) >= 11 is 0. The van der Waals surface area contributed by atoms with Crippen molar-refractivity contribution in [1.29, 1.82) is 0 Å². The molecule has 0 saturated heterocycles.